The summed E-state index contributed by atoms with van der Waals surface area (Å²) < 4.78 is 66.9. The van der Waals surface area contributed by atoms with E-state index in [0.717, 1.165) is 28.9 Å². The van der Waals surface area contributed by atoms with Crippen LogP contribution in [0.5, 0.6) is 0 Å². The van der Waals surface area contributed by atoms with Crippen LogP contribution < -0.4 is 15.4 Å². The van der Waals surface area contributed by atoms with Crippen molar-refractivity contribution in [2.45, 2.75) is 6.18 Å². The van der Waals surface area contributed by atoms with Crippen molar-refractivity contribution < 1.29 is 22.0 Å². The highest BCUT2D eigenvalue weighted by Gasteiger charge is 2.31. The molecule has 0 unspecified atom stereocenters. The Balaban J connectivity index is 1.53. The molecule has 1 aromatic heterocycles. The summed E-state index contributed by atoms with van der Waals surface area (Å²) in [5.74, 6) is -1.75. The molecule has 0 aliphatic carbocycles. The lowest BCUT2D eigenvalue weighted by Crippen LogP contribution is -2.47. The first-order valence-corrected chi connectivity index (χ1v) is 9.93. The minimum atomic E-state index is -4.43. The SMILES string of the molecule is O=c1c(Cl)c(N2CCN(c3cccc(C(F)(F)F)c3)CC2)cnn1-c1ccc(F)cc1F. The van der Waals surface area contributed by atoms with Gasteiger partial charge in [0.1, 0.15) is 16.5 Å². The van der Waals surface area contributed by atoms with Gasteiger partial charge in [0.25, 0.3) is 5.56 Å². The van der Waals surface area contributed by atoms with Gasteiger partial charge in [-0.25, -0.2) is 8.78 Å². The fourth-order valence-corrected chi connectivity index (χ4v) is 3.80. The lowest BCUT2D eigenvalue weighted by atomic mass is 10.1. The molecule has 0 N–H and O–H groups in total. The highest BCUT2D eigenvalue weighted by atomic mass is 35.5. The largest absolute Gasteiger partial charge is 0.416 e. The second kappa shape index (κ2) is 8.42. The monoisotopic (exact) mass is 470 g/mol. The van der Waals surface area contributed by atoms with E-state index < -0.39 is 28.9 Å². The van der Waals surface area contributed by atoms with Gasteiger partial charge in [-0.2, -0.15) is 23.0 Å². The number of anilines is 2. The third kappa shape index (κ3) is 4.27. The van der Waals surface area contributed by atoms with E-state index in [1.54, 1.807) is 11.0 Å². The molecule has 0 atom stereocenters. The minimum absolute atomic E-state index is 0.184. The lowest BCUT2D eigenvalue weighted by molar-refractivity contribution is -0.137. The van der Waals surface area contributed by atoms with Gasteiger partial charge < -0.3 is 9.80 Å². The van der Waals surface area contributed by atoms with Crippen molar-refractivity contribution in [1.29, 1.82) is 0 Å². The summed E-state index contributed by atoms with van der Waals surface area (Å²) in [5.41, 5.74) is -0.944. The molecule has 11 heteroatoms. The Labute approximate surface area is 184 Å². The van der Waals surface area contributed by atoms with Crippen LogP contribution in [0.3, 0.4) is 0 Å². The maximum Gasteiger partial charge on any atom is 0.416 e. The molecule has 0 amide bonds. The second-order valence-corrected chi connectivity index (χ2v) is 7.56. The molecular formula is C21H16ClF5N4O. The molecule has 1 aliphatic rings. The molecule has 0 radical (unpaired) electrons. The smallest absolute Gasteiger partial charge is 0.368 e. The molecule has 3 aromatic rings. The minimum Gasteiger partial charge on any atom is -0.368 e. The fraction of sp³-hybridized carbons (Fsp3) is 0.238. The molecule has 5 nitrogen and oxygen atoms in total. The molecule has 4 rings (SSSR count). The number of nitrogens with zero attached hydrogens (tertiary/aromatic N) is 4. The number of alkyl halides is 3. The number of benzene rings is 2. The summed E-state index contributed by atoms with van der Waals surface area (Å²) >= 11 is 6.24. The van der Waals surface area contributed by atoms with Gasteiger partial charge in [-0.1, -0.05) is 17.7 Å². The first-order chi connectivity index (χ1) is 15.1. The number of hydrogen-bond acceptors (Lipinski definition) is 4. The van der Waals surface area contributed by atoms with Crippen LogP contribution in [-0.4, -0.2) is 36.0 Å². The summed E-state index contributed by atoms with van der Waals surface area (Å²) in [6.07, 6.45) is -3.11. The molecule has 1 aliphatic heterocycles. The molecule has 1 fully saturated rings. The lowest BCUT2D eigenvalue weighted by Gasteiger charge is -2.37. The van der Waals surface area contributed by atoms with Gasteiger partial charge in [0, 0.05) is 37.9 Å². The van der Waals surface area contributed by atoms with E-state index in [0.29, 0.717) is 43.6 Å². The van der Waals surface area contributed by atoms with Gasteiger partial charge in [-0.05, 0) is 30.3 Å². The van der Waals surface area contributed by atoms with Crippen molar-refractivity contribution in [3.05, 3.63) is 81.2 Å². The van der Waals surface area contributed by atoms with E-state index in [2.05, 4.69) is 5.10 Å². The van der Waals surface area contributed by atoms with Gasteiger partial charge in [0.05, 0.1) is 17.4 Å². The highest BCUT2D eigenvalue weighted by molar-refractivity contribution is 6.33. The van der Waals surface area contributed by atoms with Crippen LogP contribution in [0.25, 0.3) is 5.69 Å². The molecule has 1 saturated heterocycles. The van der Waals surface area contributed by atoms with Gasteiger partial charge >= 0.3 is 6.18 Å². The Hall–Kier alpha value is -3.14. The average Bonchev–Trinajstić information content (AvgIpc) is 2.76. The zero-order valence-corrected chi connectivity index (χ0v) is 17.2. The zero-order chi connectivity index (χ0) is 23.0. The van der Waals surface area contributed by atoms with Crippen molar-refractivity contribution in [2.75, 3.05) is 36.0 Å². The second-order valence-electron chi connectivity index (χ2n) is 7.18. The predicted octanol–water partition coefficient (Wildman–Crippen LogP) is 4.51. The predicted molar refractivity (Wildman–Crippen MR) is 111 cm³/mol. The summed E-state index contributed by atoms with van der Waals surface area (Å²) in [7, 11) is 0. The first-order valence-electron chi connectivity index (χ1n) is 9.55. The van der Waals surface area contributed by atoms with Gasteiger partial charge in [-0.15, -0.1) is 0 Å². The molecule has 2 aromatic carbocycles. The molecule has 0 bridgehead atoms. The van der Waals surface area contributed by atoms with Gasteiger partial charge in [0.2, 0.25) is 0 Å². The van der Waals surface area contributed by atoms with Crippen molar-refractivity contribution in [1.82, 2.24) is 9.78 Å². The van der Waals surface area contributed by atoms with Gasteiger partial charge in [-0.3, -0.25) is 4.79 Å². The fourth-order valence-electron chi connectivity index (χ4n) is 3.55. The Morgan fingerprint density at radius 2 is 1.59 bits per heavy atom. The summed E-state index contributed by atoms with van der Waals surface area (Å²) in [6.45, 7) is 1.55. The Bertz CT molecular complexity index is 1210. The van der Waals surface area contributed by atoms with E-state index >= 15 is 0 Å². The Kier molecular flexibility index (Phi) is 5.81. The van der Waals surface area contributed by atoms with Crippen LogP contribution in [0.4, 0.5) is 33.3 Å². The Morgan fingerprint density at radius 1 is 0.906 bits per heavy atom. The van der Waals surface area contributed by atoms with Crippen molar-refractivity contribution in [3.8, 4) is 5.69 Å². The van der Waals surface area contributed by atoms with E-state index in [-0.39, 0.29) is 10.7 Å². The summed E-state index contributed by atoms with van der Waals surface area (Å²) in [4.78, 5) is 16.2. The maximum atomic E-state index is 14.0. The van der Waals surface area contributed by atoms with Crippen molar-refractivity contribution in [3.63, 3.8) is 0 Å². The van der Waals surface area contributed by atoms with Crippen LogP contribution in [0, 0.1) is 11.6 Å². The molecule has 32 heavy (non-hydrogen) atoms. The van der Waals surface area contributed by atoms with Crippen molar-refractivity contribution in [2.24, 2.45) is 0 Å². The third-order valence-electron chi connectivity index (χ3n) is 5.20. The van der Waals surface area contributed by atoms with Crippen LogP contribution in [0.15, 0.2) is 53.5 Å². The van der Waals surface area contributed by atoms with Crippen LogP contribution >= 0.6 is 11.6 Å². The Morgan fingerprint density at radius 3 is 2.25 bits per heavy atom. The molecule has 2 heterocycles. The zero-order valence-electron chi connectivity index (χ0n) is 16.4. The van der Waals surface area contributed by atoms with E-state index in [1.165, 1.54) is 12.3 Å². The number of halogens is 6. The van der Waals surface area contributed by atoms with Crippen LogP contribution in [0.1, 0.15) is 5.56 Å². The van der Waals surface area contributed by atoms with Crippen molar-refractivity contribution >= 4 is 23.0 Å². The normalized spacial score (nSPS) is 14.7. The third-order valence-corrected chi connectivity index (χ3v) is 5.55. The molecule has 0 spiro atoms. The standard InChI is InChI=1S/C21H16ClF5N4O/c22-19-18(12-28-31(20(19)32)17-5-4-14(23)11-16(17)24)30-8-6-29(7-9-30)15-3-1-2-13(10-15)21(25,26)27/h1-5,10-12H,6-9H2. The summed E-state index contributed by atoms with van der Waals surface area (Å²) in [5, 5.41) is 3.78. The maximum absolute atomic E-state index is 14.0. The number of piperazine rings is 1. The molecule has 168 valence electrons. The number of aromatic nitrogens is 2. The summed E-state index contributed by atoms with van der Waals surface area (Å²) in [6, 6.07) is 7.81. The molecular weight excluding hydrogens is 455 g/mol. The topological polar surface area (TPSA) is 41.4 Å². The average molecular weight is 471 g/mol. The van der Waals surface area contributed by atoms with E-state index in [9.17, 15) is 26.7 Å². The van der Waals surface area contributed by atoms with Gasteiger partial charge in [0.15, 0.2) is 5.82 Å². The first kappa shape index (κ1) is 22.1. The number of hydrogen-bond donors (Lipinski definition) is 0. The van der Waals surface area contributed by atoms with E-state index in [1.807, 2.05) is 4.90 Å². The van der Waals surface area contributed by atoms with E-state index in [4.69, 9.17) is 11.6 Å². The van der Waals surface area contributed by atoms with Crippen LogP contribution in [-0.2, 0) is 6.18 Å². The number of rotatable bonds is 3. The molecule has 0 saturated carbocycles. The van der Waals surface area contributed by atoms with Crippen LogP contribution in [0.2, 0.25) is 5.02 Å². The quantitative estimate of drug-likeness (QED) is 0.528. The highest BCUT2D eigenvalue weighted by Crippen LogP contribution is 2.32.